The van der Waals surface area contributed by atoms with Crippen LogP contribution in [0.2, 0.25) is 0 Å². The molecule has 0 fully saturated rings. The van der Waals surface area contributed by atoms with E-state index in [1.165, 1.54) is 18.4 Å². The monoisotopic (exact) mass is 302 g/mol. The fourth-order valence-electron chi connectivity index (χ4n) is 1.69. The molecule has 2 amide bonds. The van der Waals surface area contributed by atoms with E-state index in [9.17, 15) is 14.4 Å². The van der Waals surface area contributed by atoms with Crippen LogP contribution in [0.4, 0.5) is 5.69 Å². The standard InChI is InChI=1S/C15H14N2O5/c18-13(19)7-8-16-14(20)10-3-5-11(6-4-10)17-15(21)12-2-1-9-22-12/h1-6,9H,7-8H2,(H,16,20)(H,17,21)(H,18,19). The van der Waals surface area contributed by atoms with Crippen molar-refractivity contribution in [3.8, 4) is 0 Å². The Balaban J connectivity index is 1.91. The number of carbonyl (C=O) groups excluding carboxylic acids is 2. The summed E-state index contributed by atoms with van der Waals surface area (Å²) in [5, 5.41) is 13.6. The number of aliphatic carboxylic acids is 1. The number of benzene rings is 1. The SMILES string of the molecule is O=C(O)CCNC(=O)c1ccc(NC(=O)c2ccco2)cc1. The molecule has 0 aliphatic rings. The average molecular weight is 302 g/mol. The van der Waals surface area contributed by atoms with Gasteiger partial charge in [0.2, 0.25) is 0 Å². The molecule has 0 aliphatic carbocycles. The van der Waals surface area contributed by atoms with Crippen molar-refractivity contribution >= 4 is 23.5 Å². The first-order valence-electron chi connectivity index (χ1n) is 6.51. The Labute approximate surface area is 125 Å². The minimum Gasteiger partial charge on any atom is -0.481 e. The lowest BCUT2D eigenvalue weighted by molar-refractivity contribution is -0.136. The topological polar surface area (TPSA) is 109 Å². The maximum Gasteiger partial charge on any atom is 0.305 e. The van der Waals surface area contributed by atoms with Crippen molar-refractivity contribution in [3.05, 3.63) is 54.0 Å². The molecule has 0 saturated heterocycles. The van der Waals surface area contributed by atoms with Crippen molar-refractivity contribution in [1.82, 2.24) is 5.32 Å². The van der Waals surface area contributed by atoms with Gasteiger partial charge in [-0.25, -0.2) is 0 Å². The van der Waals surface area contributed by atoms with Crippen LogP contribution >= 0.6 is 0 Å². The molecule has 22 heavy (non-hydrogen) atoms. The number of carboxylic acid groups (broad SMARTS) is 1. The number of amides is 2. The van der Waals surface area contributed by atoms with Crippen LogP contribution in [-0.4, -0.2) is 29.4 Å². The molecule has 3 N–H and O–H groups in total. The minimum absolute atomic E-state index is 0.0607. The van der Waals surface area contributed by atoms with Crippen LogP contribution in [0.1, 0.15) is 27.3 Å². The van der Waals surface area contributed by atoms with Crippen molar-refractivity contribution in [2.45, 2.75) is 6.42 Å². The van der Waals surface area contributed by atoms with Gasteiger partial charge in [0.1, 0.15) is 0 Å². The van der Waals surface area contributed by atoms with Crippen LogP contribution in [0.15, 0.2) is 47.1 Å². The third-order valence-electron chi connectivity index (χ3n) is 2.77. The number of rotatable bonds is 6. The van der Waals surface area contributed by atoms with Gasteiger partial charge in [0, 0.05) is 17.8 Å². The van der Waals surface area contributed by atoms with Gasteiger partial charge in [-0.15, -0.1) is 0 Å². The maximum atomic E-state index is 11.8. The number of hydrogen-bond acceptors (Lipinski definition) is 4. The first-order chi connectivity index (χ1) is 10.6. The Morgan fingerprint density at radius 3 is 2.36 bits per heavy atom. The molecule has 0 spiro atoms. The Morgan fingerprint density at radius 1 is 1.05 bits per heavy atom. The van der Waals surface area contributed by atoms with E-state index in [-0.39, 0.29) is 30.5 Å². The molecule has 0 bridgehead atoms. The molecule has 7 nitrogen and oxygen atoms in total. The van der Waals surface area contributed by atoms with Crippen LogP contribution in [0.3, 0.4) is 0 Å². The van der Waals surface area contributed by atoms with Crippen molar-refractivity contribution < 1.29 is 23.9 Å². The molecule has 0 saturated carbocycles. The number of carboxylic acids is 1. The Morgan fingerprint density at radius 2 is 1.77 bits per heavy atom. The second-order valence-electron chi connectivity index (χ2n) is 4.41. The smallest absolute Gasteiger partial charge is 0.305 e. The second-order valence-corrected chi connectivity index (χ2v) is 4.41. The van der Waals surface area contributed by atoms with Crippen LogP contribution in [0.5, 0.6) is 0 Å². The van der Waals surface area contributed by atoms with Gasteiger partial charge in [0.15, 0.2) is 5.76 Å². The summed E-state index contributed by atoms with van der Waals surface area (Å²) in [4.78, 5) is 33.9. The molecule has 7 heteroatoms. The van der Waals surface area contributed by atoms with Crippen LogP contribution in [0, 0.1) is 0 Å². The van der Waals surface area contributed by atoms with Gasteiger partial charge in [-0.05, 0) is 36.4 Å². The number of hydrogen-bond donors (Lipinski definition) is 3. The zero-order valence-electron chi connectivity index (χ0n) is 11.5. The van der Waals surface area contributed by atoms with E-state index >= 15 is 0 Å². The summed E-state index contributed by atoms with van der Waals surface area (Å²) >= 11 is 0. The first-order valence-corrected chi connectivity index (χ1v) is 6.51. The van der Waals surface area contributed by atoms with Crippen molar-refractivity contribution in [2.75, 3.05) is 11.9 Å². The average Bonchev–Trinajstić information content (AvgIpc) is 3.02. The molecule has 1 heterocycles. The van der Waals surface area contributed by atoms with E-state index in [0.717, 1.165) is 0 Å². The number of anilines is 1. The highest BCUT2D eigenvalue weighted by Crippen LogP contribution is 2.11. The van der Waals surface area contributed by atoms with Gasteiger partial charge in [0.05, 0.1) is 12.7 Å². The normalized spacial score (nSPS) is 10.0. The van der Waals surface area contributed by atoms with E-state index in [4.69, 9.17) is 9.52 Å². The zero-order chi connectivity index (χ0) is 15.9. The highest BCUT2D eigenvalue weighted by molar-refractivity contribution is 6.02. The highest BCUT2D eigenvalue weighted by Gasteiger charge is 2.10. The molecule has 2 rings (SSSR count). The first kappa shape index (κ1) is 15.3. The third-order valence-corrected chi connectivity index (χ3v) is 2.77. The van der Waals surface area contributed by atoms with Gasteiger partial charge >= 0.3 is 5.97 Å². The summed E-state index contributed by atoms with van der Waals surface area (Å²) in [6.07, 6.45) is 1.27. The molecule has 1 aromatic heterocycles. The summed E-state index contributed by atoms with van der Waals surface area (Å²) in [6, 6.07) is 9.38. The Hall–Kier alpha value is -3.09. The quantitative estimate of drug-likeness (QED) is 0.753. The maximum absolute atomic E-state index is 11.8. The van der Waals surface area contributed by atoms with Crippen LogP contribution < -0.4 is 10.6 Å². The van der Waals surface area contributed by atoms with Crippen molar-refractivity contribution in [3.63, 3.8) is 0 Å². The van der Waals surface area contributed by atoms with E-state index in [0.29, 0.717) is 11.3 Å². The van der Waals surface area contributed by atoms with Crippen molar-refractivity contribution in [2.24, 2.45) is 0 Å². The predicted molar refractivity (Wildman–Crippen MR) is 77.7 cm³/mol. The van der Waals surface area contributed by atoms with Gasteiger partial charge in [-0.1, -0.05) is 0 Å². The largest absolute Gasteiger partial charge is 0.481 e. The predicted octanol–water partition coefficient (Wildman–Crippen LogP) is 1.74. The Kier molecular flexibility index (Phi) is 4.92. The number of furan rings is 1. The van der Waals surface area contributed by atoms with Crippen LogP contribution in [0.25, 0.3) is 0 Å². The molecule has 0 radical (unpaired) electrons. The highest BCUT2D eigenvalue weighted by atomic mass is 16.4. The summed E-state index contributed by atoms with van der Waals surface area (Å²) in [7, 11) is 0. The minimum atomic E-state index is -0.976. The molecule has 1 aromatic carbocycles. The fourth-order valence-corrected chi connectivity index (χ4v) is 1.69. The summed E-state index contributed by atoms with van der Waals surface area (Å²) < 4.78 is 4.97. The summed E-state index contributed by atoms with van der Waals surface area (Å²) in [5.41, 5.74) is 0.893. The van der Waals surface area contributed by atoms with Crippen LogP contribution in [-0.2, 0) is 4.79 Å². The van der Waals surface area contributed by atoms with Gasteiger partial charge in [0.25, 0.3) is 11.8 Å². The van der Waals surface area contributed by atoms with Gasteiger partial charge in [-0.2, -0.15) is 0 Å². The molecule has 114 valence electrons. The molecule has 2 aromatic rings. The summed E-state index contributed by atoms with van der Waals surface area (Å²) in [5.74, 6) is -1.54. The number of carbonyl (C=O) groups is 3. The molecule has 0 atom stereocenters. The molecule has 0 unspecified atom stereocenters. The van der Waals surface area contributed by atoms with E-state index in [2.05, 4.69) is 10.6 Å². The lowest BCUT2D eigenvalue weighted by Crippen LogP contribution is -2.25. The lowest BCUT2D eigenvalue weighted by Gasteiger charge is -2.06. The van der Waals surface area contributed by atoms with E-state index in [1.54, 1.807) is 24.3 Å². The third kappa shape index (κ3) is 4.20. The zero-order valence-corrected chi connectivity index (χ0v) is 11.5. The van der Waals surface area contributed by atoms with E-state index in [1.807, 2.05) is 0 Å². The molecular formula is C15H14N2O5. The number of nitrogens with one attached hydrogen (secondary N) is 2. The van der Waals surface area contributed by atoms with Gasteiger partial charge < -0.3 is 20.2 Å². The second kappa shape index (κ2) is 7.07. The molecular weight excluding hydrogens is 288 g/mol. The fraction of sp³-hybridized carbons (Fsp3) is 0.133. The lowest BCUT2D eigenvalue weighted by atomic mass is 10.2. The summed E-state index contributed by atoms with van der Waals surface area (Å²) in [6.45, 7) is 0.0607. The Bertz CT molecular complexity index is 662. The van der Waals surface area contributed by atoms with E-state index < -0.39 is 5.97 Å². The van der Waals surface area contributed by atoms with Crippen molar-refractivity contribution in [1.29, 1.82) is 0 Å². The van der Waals surface area contributed by atoms with Gasteiger partial charge in [-0.3, -0.25) is 14.4 Å². The molecule has 0 aliphatic heterocycles.